The van der Waals surface area contributed by atoms with Gasteiger partial charge < -0.3 is 15.2 Å². The smallest absolute Gasteiger partial charge is 0.253 e. The fourth-order valence-corrected chi connectivity index (χ4v) is 4.64. The van der Waals surface area contributed by atoms with Crippen LogP contribution in [0.1, 0.15) is 28.0 Å². The van der Waals surface area contributed by atoms with Crippen LogP contribution in [-0.2, 0) is 17.8 Å². The lowest BCUT2D eigenvalue weighted by atomic mass is 10.0. The summed E-state index contributed by atoms with van der Waals surface area (Å²) in [7, 11) is 0. The summed E-state index contributed by atoms with van der Waals surface area (Å²) < 4.78 is 0. The number of H-pyrrole nitrogens is 1. The lowest BCUT2D eigenvalue weighted by Crippen LogP contribution is -2.50. The minimum absolute atomic E-state index is 0.0413. The first-order valence-corrected chi connectivity index (χ1v) is 11.8. The molecule has 2 amide bonds. The molecule has 7 heteroatoms. The van der Waals surface area contributed by atoms with E-state index in [9.17, 15) is 9.59 Å². The minimum atomic E-state index is -0.576. The first-order chi connectivity index (χ1) is 14.6. The Morgan fingerprint density at radius 1 is 1.20 bits per heavy atom. The number of thioether (sulfide) groups is 1. The molecule has 1 aliphatic heterocycles. The number of amides is 2. The summed E-state index contributed by atoms with van der Waals surface area (Å²) in [5, 5.41) is 4.47. The molecule has 0 bridgehead atoms. The number of aromatic nitrogens is 1. The summed E-state index contributed by atoms with van der Waals surface area (Å²) >= 11 is 7.83. The van der Waals surface area contributed by atoms with Crippen molar-refractivity contribution in [3.8, 4) is 0 Å². The van der Waals surface area contributed by atoms with E-state index in [4.69, 9.17) is 11.6 Å². The Labute approximate surface area is 185 Å². The van der Waals surface area contributed by atoms with Gasteiger partial charge in [-0.05, 0) is 36.6 Å². The molecule has 5 nitrogen and oxygen atoms in total. The number of para-hydroxylation sites is 1. The van der Waals surface area contributed by atoms with Crippen LogP contribution in [-0.4, -0.2) is 46.3 Å². The first kappa shape index (κ1) is 20.8. The third-order valence-corrected chi connectivity index (χ3v) is 6.50. The van der Waals surface area contributed by atoms with Crippen molar-refractivity contribution in [3.05, 3.63) is 70.4 Å². The van der Waals surface area contributed by atoms with Crippen molar-refractivity contribution in [3.63, 3.8) is 0 Å². The van der Waals surface area contributed by atoms with Crippen molar-refractivity contribution < 1.29 is 9.59 Å². The van der Waals surface area contributed by atoms with E-state index in [-0.39, 0.29) is 11.8 Å². The summed E-state index contributed by atoms with van der Waals surface area (Å²) in [5.74, 6) is 0.427. The van der Waals surface area contributed by atoms with Crippen LogP contribution in [0, 0.1) is 0 Å². The lowest BCUT2D eigenvalue weighted by molar-refractivity contribution is -0.134. The molecule has 30 heavy (non-hydrogen) atoms. The molecule has 2 N–H and O–H groups in total. The van der Waals surface area contributed by atoms with Gasteiger partial charge in [-0.3, -0.25) is 9.59 Å². The number of halogens is 1. The zero-order valence-electron chi connectivity index (χ0n) is 16.8. The molecule has 1 aromatic heterocycles. The van der Waals surface area contributed by atoms with Crippen molar-refractivity contribution in [1.82, 2.24) is 15.2 Å². The SMILES string of the molecule is CSCC[C@H](NC(=O)c1ccccc1Cl)C(=O)N1CCc2[nH]c3ccccc3c2C1. The predicted octanol–water partition coefficient (Wildman–Crippen LogP) is 4.26. The van der Waals surface area contributed by atoms with Gasteiger partial charge in [0.25, 0.3) is 5.91 Å². The molecule has 0 saturated heterocycles. The van der Waals surface area contributed by atoms with E-state index in [1.807, 2.05) is 23.3 Å². The molecular formula is C23H24ClN3O2S. The van der Waals surface area contributed by atoms with Gasteiger partial charge in [-0.2, -0.15) is 11.8 Å². The fraction of sp³-hybridized carbons (Fsp3) is 0.304. The molecule has 3 aromatic rings. The zero-order chi connectivity index (χ0) is 21.1. The Balaban J connectivity index is 1.53. The van der Waals surface area contributed by atoms with E-state index < -0.39 is 6.04 Å². The Bertz CT molecular complexity index is 1080. The second-order valence-electron chi connectivity index (χ2n) is 7.42. The van der Waals surface area contributed by atoms with Crippen LogP contribution < -0.4 is 5.32 Å². The number of nitrogens with one attached hydrogen (secondary N) is 2. The number of fused-ring (bicyclic) bond motifs is 3. The largest absolute Gasteiger partial charge is 0.358 e. The number of benzene rings is 2. The fourth-order valence-electron chi connectivity index (χ4n) is 3.95. The molecule has 1 atom stereocenters. The van der Waals surface area contributed by atoms with Gasteiger partial charge in [-0.25, -0.2) is 0 Å². The van der Waals surface area contributed by atoms with E-state index in [0.29, 0.717) is 30.1 Å². The topological polar surface area (TPSA) is 65.2 Å². The zero-order valence-corrected chi connectivity index (χ0v) is 18.4. The van der Waals surface area contributed by atoms with Crippen molar-refractivity contribution in [2.24, 2.45) is 0 Å². The third-order valence-electron chi connectivity index (χ3n) is 5.53. The molecule has 0 unspecified atom stereocenters. The Hall–Kier alpha value is -2.44. The van der Waals surface area contributed by atoms with Gasteiger partial charge in [0.05, 0.1) is 10.6 Å². The summed E-state index contributed by atoms with van der Waals surface area (Å²) in [6.45, 7) is 1.19. The third kappa shape index (κ3) is 4.20. The summed E-state index contributed by atoms with van der Waals surface area (Å²) in [5.41, 5.74) is 3.86. The van der Waals surface area contributed by atoms with Gasteiger partial charge in [0.1, 0.15) is 6.04 Å². The maximum absolute atomic E-state index is 13.4. The van der Waals surface area contributed by atoms with Crippen LogP contribution in [0.25, 0.3) is 10.9 Å². The molecule has 2 aromatic carbocycles. The van der Waals surface area contributed by atoms with Gasteiger partial charge in [-0.1, -0.05) is 41.9 Å². The van der Waals surface area contributed by atoms with Crippen molar-refractivity contribution in [1.29, 1.82) is 0 Å². The number of carbonyl (C=O) groups is 2. The minimum Gasteiger partial charge on any atom is -0.358 e. The number of nitrogens with zero attached hydrogens (tertiary/aromatic N) is 1. The number of rotatable bonds is 6. The molecule has 156 valence electrons. The Kier molecular flexibility index (Phi) is 6.35. The average molecular weight is 442 g/mol. The molecule has 0 saturated carbocycles. The Morgan fingerprint density at radius 3 is 2.77 bits per heavy atom. The van der Waals surface area contributed by atoms with Crippen LogP contribution in [0.5, 0.6) is 0 Å². The van der Waals surface area contributed by atoms with Gasteiger partial charge in [0, 0.05) is 41.7 Å². The highest BCUT2D eigenvalue weighted by Crippen LogP contribution is 2.28. The van der Waals surface area contributed by atoms with Gasteiger partial charge in [0.2, 0.25) is 5.91 Å². The first-order valence-electron chi connectivity index (χ1n) is 10.00. The van der Waals surface area contributed by atoms with E-state index in [2.05, 4.69) is 22.4 Å². The van der Waals surface area contributed by atoms with E-state index >= 15 is 0 Å². The molecule has 0 aliphatic carbocycles. The van der Waals surface area contributed by atoms with E-state index in [0.717, 1.165) is 23.1 Å². The molecule has 1 aliphatic rings. The van der Waals surface area contributed by atoms with Gasteiger partial charge in [0.15, 0.2) is 0 Å². The highest BCUT2D eigenvalue weighted by atomic mass is 35.5. The van der Waals surface area contributed by atoms with Crippen molar-refractivity contribution >= 4 is 46.1 Å². The normalized spacial score (nSPS) is 14.4. The van der Waals surface area contributed by atoms with Crippen molar-refractivity contribution in [2.75, 3.05) is 18.6 Å². The molecule has 0 fully saturated rings. The van der Waals surface area contributed by atoms with Crippen molar-refractivity contribution in [2.45, 2.75) is 25.4 Å². The summed E-state index contributed by atoms with van der Waals surface area (Å²) in [6, 6.07) is 14.5. The monoisotopic (exact) mass is 441 g/mol. The molecule has 4 rings (SSSR count). The lowest BCUT2D eigenvalue weighted by Gasteiger charge is -2.31. The average Bonchev–Trinajstić information content (AvgIpc) is 3.14. The van der Waals surface area contributed by atoms with Crippen LogP contribution in [0.4, 0.5) is 0 Å². The van der Waals surface area contributed by atoms with Crippen LogP contribution in [0.2, 0.25) is 5.02 Å². The van der Waals surface area contributed by atoms with Gasteiger partial charge in [-0.15, -0.1) is 0 Å². The number of hydrogen-bond donors (Lipinski definition) is 2. The Morgan fingerprint density at radius 2 is 1.97 bits per heavy atom. The van der Waals surface area contributed by atoms with Gasteiger partial charge >= 0.3 is 0 Å². The van der Waals surface area contributed by atoms with Crippen LogP contribution in [0.15, 0.2) is 48.5 Å². The predicted molar refractivity (Wildman–Crippen MR) is 123 cm³/mol. The molecule has 0 radical (unpaired) electrons. The number of carbonyl (C=O) groups excluding carboxylic acids is 2. The molecule has 2 heterocycles. The maximum atomic E-state index is 13.4. The number of aromatic amines is 1. The second kappa shape index (κ2) is 9.14. The number of hydrogen-bond acceptors (Lipinski definition) is 3. The summed E-state index contributed by atoms with van der Waals surface area (Å²) in [6.07, 6.45) is 3.35. The summed E-state index contributed by atoms with van der Waals surface area (Å²) in [4.78, 5) is 31.5. The standard InChI is InChI=1S/C23H24ClN3O2S/c1-30-13-11-21(26-22(28)16-7-2-4-8-18(16)24)23(29)27-12-10-20-17(14-27)15-6-3-5-9-19(15)25-20/h2-9,21,25H,10-14H2,1H3,(H,26,28)/t21-/m0/s1. The highest BCUT2D eigenvalue weighted by molar-refractivity contribution is 7.98. The van der Waals surface area contributed by atoms with Crippen LogP contribution >= 0.6 is 23.4 Å². The highest BCUT2D eigenvalue weighted by Gasteiger charge is 2.30. The second-order valence-corrected chi connectivity index (χ2v) is 8.82. The van der Waals surface area contributed by atoms with Crippen LogP contribution in [0.3, 0.4) is 0 Å². The van der Waals surface area contributed by atoms with E-state index in [1.54, 1.807) is 36.0 Å². The quantitative estimate of drug-likeness (QED) is 0.600. The maximum Gasteiger partial charge on any atom is 0.253 e. The molecular weight excluding hydrogens is 418 g/mol. The van der Waals surface area contributed by atoms with E-state index in [1.165, 1.54) is 11.3 Å². The molecule has 0 spiro atoms.